The van der Waals surface area contributed by atoms with Crippen molar-refractivity contribution >= 4 is 11.9 Å². The van der Waals surface area contributed by atoms with Crippen molar-refractivity contribution in [3.8, 4) is 0 Å². The first-order chi connectivity index (χ1) is 22.7. The van der Waals surface area contributed by atoms with Crippen molar-refractivity contribution in [2.75, 3.05) is 13.2 Å². The number of hydrogen-bond donors (Lipinski definition) is 0. The molecule has 0 unspecified atom stereocenters. The summed E-state index contributed by atoms with van der Waals surface area (Å²) >= 11 is 0. The van der Waals surface area contributed by atoms with Crippen molar-refractivity contribution in [2.24, 2.45) is 0 Å². The van der Waals surface area contributed by atoms with Crippen molar-refractivity contribution in [3.63, 3.8) is 0 Å². The highest BCUT2D eigenvalue weighted by molar-refractivity contribution is 5.69. The van der Waals surface area contributed by atoms with E-state index in [2.05, 4.69) is 13.8 Å². The lowest BCUT2D eigenvalue weighted by molar-refractivity contribution is -0.144. The van der Waals surface area contributed by atoms with Crippen LogP contribution in [0.2, 0.25) is 0 Å². The fraction of sp³-hybridized carbons (Fsp3) is 0.952. The Bertz CT molecular complexity index is 604. The van der Waals surface area contributed by atoms with E-state index >= 15 is 0 Å². The van der Waals surface area contributed by atoms with Crippen LogP contribution in [-0.4, -0.2) is 25.2 Å². The van der Waals surface area contributed by atoms with Crippen LogP contribution in [0.4, 0.5) is 0 Å². The molecule has 274 valence electrons. The summed E-state index contributed by atoms with van der Waals surface area (Å²) < 4.78 is 10.9. The minimum absolute atomic E-state index is 0.00803. The molecule has 46 heavy (non-hydrogen) atoms. The Morgan fingerprint density at radius 1 is 0.283 bits per heavy atom. The molecule has 0 atom stereocenters. The van der Waals surface area contributed by atoms with Gasteiger partial charge in [0, 0.05) is 12.8 Å². The summed E-state index contributed by atoms with van der Waals surface area (Å²) in [6.07, 6.45) is 44.9. The lowest BCUT2D eigenvalue weighted by Gasteiger charge is -2.06. The fourth-order valence-corrected chi connectivity index (χ4v) is 6.36. The molecule has 0 saturated heterocycles. The number of hydrogen-bond acceptors (Lipinski definition) is 4. The van der Waals surface area contributed by atoms with Crippen LogP contribution < -0.4 is 0 Å². The van der Waals surface area contributed by atoms with Gasteiger partial charge in [0.05, 0.1) is 13.2 Å². The molecular formula is C42H82O4. The van der Waals surface area contributed by atoms with Gasteiger partial charge in [0.25, 0.3) is 0 Å². The number of ether oxygens (including phenoxy) is 2. The largest absolute Gasteiger partial charge is 0.466 e. The van der Waals surface area contributed by atoms with E-state index in [1.165, 1.54) is 193 Å². The highest BCUT2D eigenvalue weighted by atomic mass is 16.5. The summed E-state index contributed by atoms with van der Waals surface area (Å²) in [6.45, 7) is 5.76. The monoisotopic (exact) mass is 651 g/mol. The molecule has 0 aromatic carbocycles. The van der Waals surface area contributed by atoms with Gasteiger partial charge >= 0.3 is 11.9 Å². The molecule has 0 aliphatic carbocycles. The Kier molecular flexibility index (Phi) is 39.2. The van der Waals surface area contributed by atoms with Crippen LogP contribution in [0, 0.1) is 0 Å². The summed E-state index contributed by atoms with van der Waals surface area (Å²) in [4.78, 5) is 23.8. The number of carbonyl (C=O) groups excluding carboxylic acids is 2. The minimum Gasteiger partial charge on any atom is -0.466 e. The zero-order valence-electron chi connectivity index (χ0n) is 31.5. The van der Waals surface area contributed by atoms with Gasteiger partial charge in [-0.15, -0.1) is 0 Å². The lowest BCUT2D eigenvalue weighted by atomic mass is 10.0. The molecule has 4 heteroatoms. The first-order valence-corrected chi connectivity index (χ1v) is 21.0. The zero-order valence-corrected chi connectivity index (χ0v) is 31.5. The molecule has 0 radical (unpaired) electrons. The van der Waals surface area contributed by atoms with Crippen LogP contribution in [0.1, 0.15) is 245 Å². The number of rotatable bonds is 39. The fourth-order valence-electron chi connectivity index (χ4n) is 6.36. The molecule has 0 aliphatic heterocycles. The number of unbranched alkanes of at least 4 members (excludes halogenated alkanes) is 31. The van der Waals surface area contributed by atoms with Crippen molar-refractivity contribution < 1.29 is 19.1 Å². The third-order valence-corrected chi connectivity index (χ3v) is 9.53. The van der Waals surface area contributed by atoms with E-state index in [1.807, 2.05) is 0 Å². The van der Waals surface area contributed by atoms with E-state index in [0.717, 1.165) is 25.7 Å². The smallest absolute Gasteiger partial charge is 0.305 e. The summed E-state index contributed by atoms with van der Waals surface area (Å²) in [6, 6.07) is 0. The van der Waals surface area contributed by atoms with Gasteiger partial charge in [-0.3, -0.25) is 9.59 Å². The van der Waals surface area contributed by atoms with Crippen LogP contribution in [0.15, 0.2) is 0 Å². The molecule has 0 rings (SSSR count). The number of carbonyl (C=O) groups is 2. The Balaban J connectivity index is 3.19. The molecule has 0 aliphatic rings. The van der Waals surface area contributed by atoms with Crippen molar-refractivity contribution in [2.45, 2.75) is 245 Å². The Labute approximate surface area is 288 Å². The summed E-state index contributed by atoms with van der Waals surface area (Å²) in [5.41, 5.74) is 0. The highest BCUT2D eigenvalue weighted by Gasteiger charge is 2.04. The van der Waals surface area contributed by atoms with Crippen LogP contribution in [0.5, 0.6) is 0 Å². The predicted octanol–water partition coefficient (Wildman–Crippen LogP) is 14.2. The molecule has 0 amide bonds. The van der Waals surface area contributed by atoms with Gasteiger partial charge in [-0.2, -0.15) is 0 Å². The summed E-state index contributed by atoms with van der Waals surface area (Å²) in [5, 5.41) is 0. The maximum atomic E-state index is 11.9. The highest BCUT2D eigenvalue weighted by Crippen LogP contribution is 2.15. The normalized spacial score (nSPS) is 11.3. The van der Waals surface area contributed by atoms with Crippen molar-refractivity contribution in [1.82, 2.24) is 0 Å². The maximum Gasteiger partial charge on any atom is 0.305 e. The molecule has 0 fully saturated rings. The van der Waals surface area contributed by atoms with Crippen molar-refractivity contribution in [1.29, 1.82) is 0 Å². The molecule has 0 spiro atoms. The van der Waals surface area contributed by atoms with E-state index in [-0.39, 0.29) is 11.9 Å². The van der Waals surface area contributed by atoms with Gasteiger partial charge in [0.1, 0.15) is 0 Å². The SMILES string of the molecule is CCCCCCCCCCCCCC(=O)OCCCCCCCCCCCCCCCCOC(=O)CCCCCCCCCCC. The average molecular weight is 651 g/mol. The standard InChI is InChI=1S/C42H82O4/c1-3-5-7-9-11-13-18-22-26-30-34-38-42(44)46-40-36-32-28-24-20-17-15-14-16-19-23-27-31-35-39-45-41(43)37-33-29-25-21-12-10-8-6-4-2/h3-40H2,1-2H3. The molecule has 0 saturated carbocycles. The maximum absolute atomic E-state index is 11.9. The van der Waals surface area contributed by atoms with Gasteiger partial charge in [-0.1, -0.05) is 206 Å². The molecule has 0 N–H and O–H groups in total. The molecule has 0 bridgehead atoms. The Morgan fingerprint density at radius 2 is 0.478 bits per heavy atom. The first kappa shape index (κ1) is 44.9. The zero-order chi connectivity index (χ0) is 33.4. The van der Waals surface area contributed by atoms with E-state index in [0.29, 0.717) is 26.1 Å². The second-order valence-corrected chi connectivity index (χ2v) is 14.3. The molecule has 0 aromatic rings. The number of esters is 2. The quantitative estimate of drug-likeness (QED) is 0.0490. The molecule has 4 nitrogen and oxygen atoms in total. The van der Waals surface area contributed by atoms with E-state index in [9.17, 15) is 9.59 Å². The van der Waals surface area contributed by atoms with Crippen LogP contribution in [0.3, 0.4) is 0 Å². The van der Waals surface area contributed by atoms with Crippen LogP contribution in [0.25, 0.3) is 0 Å². The van der Waals surface area contributed by atoms with Crippen molar-refractivity contribution in [3.05, 3.63) is 0 Å². The van der Waals surface area contributed by atoms with E-state index < -0.39 is 0 Å². The molecule has 0 heterocycles. The van der Waals surface area contributed by atoms with E-state index in [4.69, 9.17) is 9.47 Å². The van der Waals surface area contributed by atoms with E-state index in [1.54, 1.807) is 0 Å². The summed E-state index contributed by atoms with van der Waals surface area (Å²) in [5.74, 6) is 0.0184. The second kappa shape index (κ2) is 40.1. The first-order valence-electron chi connectivity index (χ1n) is 21.0. The Morgan fingerprint density at radius 3 is 0.717 bits per heavy atom. The van der Waals surface area contributed by atoms with Gasteiger partial charge in [-0.05, 0) is 25.7 Å². The third kappa shape index (κ3) is 39.1. The average Bonchev–Trinajstić information content (AvgIpc) is 3.05. The van der Waals surface area contributed by atoms with Gasteiger partial charge in [0.15, 0.2) is 0 Å². The van der Waals surface area contributed by atoms with Gasteiger partial charge in [-0.25, -0.2) is 0 Å². The topological polar surface area (TPSA) is 52.6 Å². The minimum atomic E-state index is 0.00803. The Hall–Kier alpha value is -1.06. The van der Waals surface area contributed by atoms with Crippen LogP contribution in [-0.2, 0) is 19.1 Å². The van der Waals surface area contributed by atoms with Gasteiger partial charge in [0.2, 0.25) is 0 Å². The third-order valence-electron chi connectivity index (χ3n) is 9.53. The summed E-state index contributed by atoms with van der Waals surface area (Å²) in [7, 11) is 0. The lowest BCUT2D eigenvalue weighted by Crippen LogP contribution is -2.05. The molecular weight excluding hydrogens is 568 g/mol. The van der Waals surface area contributed by atoms with Gasteiger partial charge < -0.3 is 9.47 Å². The predicted molar refractivity (Wildman–Crippen MR) is 199 cm³/mol. The second-order valence-electron chi connectivity index (χ2n) is 14.3. The van der Waals surface area contributed by atoms with Crippen LogP contribution >= 0.6 is 0 Å². The molecule has 0 aromatic heterocycles.